The smallest absolute Gasteiger partial charge is 0.0655 e. The van der Waals surface area contributed by atoms with Crippen LogP contribution in [0.15, 0.2) is 0 Å². The van der Waals surface area contributed by atoms with E-state index >= 15 is 0 Å². The second-order valence-electron chi connectivity index (χ2n) is 4.36. The van der Waals surface area contributed by atoms with Crippen molar-refractivity contribution in [1.82, 2.24) is 0 Å². The third-order valence-electron chi connectivity index (χ3n) is 3.84. The fourth-order valence-corrected chi connectivity index (χ4v) is 2.63. The summed E-state index contributed by atoms with van der Waals surface area (Å²) in [5.74, 6) is 1.02. The Hall–Kier alpha value is 0.0649. The Morgan fingerprint density at radius 1 is 1.36 bits per heavy atom. The second kappa shape index (κ2) is 3.64. The lowest BCUT2D eigenvalue weighted by Crippen LogP contribution is -2.26. The molecule has 1 saturated carbocycles. The normalized spacial score (nSPS) is 38.9. The monoisotopic (exact) mass is 152 g/mol. The quantitative estimate of drug-likeness (QED) is 0.533. The molecule has 11 heavy (non-hydrogen) atoms. The van der Waals surface area contributed by atoms with E-state index in [2.05, 4.69) is 21.7 Å². The van der Waals surface area contributed by atoms with Gasteiger partial charge in [0.2, 0.25) is 0 Å². The highest BCUT2D eigenvalue weighted by Crippen LogP contribution is 2.48. The van der Waals surface area contributed by atoms with Crippen molar-refractivity contribution >= 4 is 7.85 Å². The van der Waals surface area contributed by atoms with Gasteiger partial charge in [-0.05, 0) is 5.92 Å². The lowest BCUT2D eigenvalue weighted by molar-refractivity contribution is 0.243. The van der Waals surface area contributed by atoms with E-state index in [1.165, 1.54) is 38.5 Å². The van der Waals surface area contributed by atoms with Crippen molar-refractivity contribution in [1.29, 1.82) is 0 Å². The molecule has 2 atom stereocenters. The summed E-state index contributed by atoms with van der Waals surface area (Å²) in [5, 5.41) is 0.688. The lowest BCUT2D eigenvalue weighted by atomic mass is 9.52. The number of rotatable bonds is 2. The predicted octanol–water partition coefficient (Wildman–Crippen LogP) is 2.79. The summed E-state index contributed by atoms with van der Waals surface area (Å²) in [6.45, 7) is 4.71. The summed E-state index contributed by atoms with van der Waals surface area (Å²) in [4.78, 5) is 0. The molecule has 0 bridgehead atoms. The summed E-state index contributed by atoms with van der Waals surface area (Å²) < 4.78 is 0. The molecule has 0 saturated heterocycles. The topological polar surface area (TPSA) is 0 Å². The lowest BCUT2D eigenvalue weighted by Gasteiger charge is -2.41. The van der Waals surface area contributed by atoms with Gasteiger partial charge in [0.15, 0.2) is 0 Å². The van der Waals surface area contributed by atoms with E-state index in [-0.39, 0.29) is 0 Å². The fourth-order valence-electron chi connectivity index (χ4n) is 2.63. The van der Waals surface area contributed by atoms with Gasteiger partial charge in [0, 0.05) is 0 Å². The molecule has 0 N–H and O–H groups in total. The molecule has 1 heteroatoms. The van der Waals surface area contributed by atoms with E-state index in [1.54, 1.807) is 0 Å². The van der Waals surface area contributed by atoms with Crippen LogP contribution in [0.4, 0.5) is 0 Å². The largest absolute Gasteiger partial charge is 0.109 e. The molecule has 1 aliphatic rings. The van der Waals surface area contributed by atoms with Crippen LogP contribution < -0.4 is 0 Å². The Balaban J connectivity index is 2.57. The summed E-state index contributed by atoms with van der Waals surface area (Å²) in [6.07, 6.45) is 8.69. The van der Waals surface area contributed by atoms with Gasteiger partial charge in [-0.15, -0.1) is 0 Å². The average molecular weight is 152 g/mol. The van der Waals surface area contributed by atoms with Crippen LogP contribution >= 0.6 is 0 Å². The molecule has 2 unspecified atom stereocenters. The van der Waals surface area contributed by atoms with Crippen molar-refractivity contribution < 1.29 is 0 Å². The fraction of sp³-hybridized carbons (Fsp3) is 1.00. The molecule has 0 nitrogen and oxygen atoms in total. The van der Waals surface area contributed by atoms with E-state index < -0.39 is 0 Å². The second-order valence-corrected chi connectivity index (χ2v) is 4.36. The van der Waals surface area contributed by atoms with E-state index in [1.807, 2.05) is 0 Å². The average Bonchev–Trinajstić information content (AvgIpc) is 2.05. The molecular formula is C10H21B. The predicted molar refractivity (Wildman–Crippen MR) is 53.8 cm³/mol. The van der Waals surface area contributed by atoms with Gasteiger partial charge < -0.3 is 0 Å². The SMILES string of the molecule is BC1(CC)CCCCC1CC. The minimum atomic E-state index is 0.688. The van der Waals surface area contributed by atoms with Crippen LogP contribution in [0.3, 0.4) is 0 Å². The van der Waals surface area contributed by atoms with Crippen molar-refractivity contribution in [2.45, 2.75) is 57.7 Å². The molecule has 1 rings (SSSR count). The Morgan fingerprint density at radius 3 is 2.55 bits per heavy atom. The maximum Gasteiger partial charge on any atom is 0.109 e. The van der Waals surface area contributed by atoms with Crippen LogP contribution in [0.25, 0.3) is 0 Å². The first-order valence-electron chi connectivity index (χ1n) is 5.23. The number of hydrogen-bond donors (Lipinski definition) is 0. The molecule has 0 amide bonds. The Labute approximate surface area is 72.2 Å². The maximum atomic E-state index is 2.49. The highest BCUT2D eigenvalue weighted by Gasteiger charge is 2.32. The Kier molecular flexibility index (Phi) is 3.03. The highest BCUT2D eigenvalue weighted by atomic mass is 14.3. The van der Waals surface area contributed by atoms with Crippen LogP contribution in [0.5, 0.6) is 0 Å². The molecule has 0 aliphatic heterocycles. The number of hydrogen-bond acceptors (Lipinski definition) is 0. The van der Waals surface area contributed by atoms with Crippen molar-refractivity contribution in [2.24, 2.45) is 5.92 Å². The molecular weight excluding hydrogens is 131 g/mol. The summed E-state index contributed by atoms with van der Waals surface area (Å²) in [6, 6.07) is 0. The maximum absolute atomic E-state index is 2.49. The van der Waals surface area contributed by atoms with Crippen LogP contribution in [0, 0.1) is 5.92 Å². The molecule has 0 aromatic carbocycles. The molecule has 64 valence electrons. The molecule has 0 aromatic rings. The zero-order chi connectivity index (χ0) is 8.32. The van der Waals surface area contributed by atoms with E-state index in [0.29, 0.717) is 5.31 Å². The molecule has 1 aliphatic carbocycles. The van der Waals surface area contributed by atoms with Gasteiger partial charge in [-0.3, -0.25) is 0 Å². The Morgan fingerprint density at radius 2 is 2.09 bits per heavy atom. The van der Waals surface area contributed by atoms with Crippen molar-refractivity contribution in [3.63, 3.8) is 0 Å². The van der Waals surface area contributed by atoms with Crippen molar-refractivity contribution in [3.05, 3.63) is 0 Å². The summed E-state index contributed by atoms with van der Waals surface area (Å²) >= 11 is 0. The van der Waals surface area contributed by atoms with Gasteiger partial charge in [-0.2, -0.15) is 0 Å². The first kappa shape index (κ1) is 9.16. The first-order chi connectivity index (χ1) is 5.23. The van der Waals surface area contributed by atoms with Gasteiger partial charge in [0.1, 0.15) is 7.85 Å². The molecule has 1 fully saturated rings. The molecule has 0 spiro atoms. The minimum Gasteiger partial charge on any atom is -0.0655 e. The minimum absolute atomic E-state index is 0.688. The van der Waals surface area contributed by atoms with Crippen LogP contribution in [0.2, 0.25) is 5.31 Å². The van der Waals surface area contributed by atoms with Gasteiger partial charge in [-0.25, -0.2) is 0 Å². The first-order valence-corrected chi connectivity index (χ1v) is 5.23. The zero-order valence-electron chi connectivity index (χ0n) is 8.32. The molecule has 0 aromatic heterocycles. The molecule has 0 radical (unpaired) electrons. The molecule has 0 heterocycles. The van der Waals surface area contributed by atoms with Gasteiger partial charge in [-0.1, -0.05) is 57.7 Å². The van der Waals surface area contributed by atoms with E-state index in [4.69, 9.17) is 0 Å². The third kappa shape index (κ3) is 1.80. The Bertz CT molecular complexity index is 122. The van der Waals surface area contributed by atoms with E-state index in [9.17, 15) is 0 Å². The zero-order valence-corrected chi connectivity index (χ0v) is 8.32. The highest BCUT2D eigenvalue weighted by molar-refractivity contribution is 6.15. The van der Waals surface area contributed by atoms with Crippen LogP contribution in [0.1, 0.15) is 52.4 Å². The van der Waals surface area contributed by atoms with Crippen molar-refractivity contribution in [2.75, 3.05) is 0 Å². The third-order valence-corrected chi connectivity index (χ3v) is 3.84. The van der Waals surface area contributed by atoms with Gasteiger partial charge in [0.05, 0.1) is 0 Å². The van der Waals surface area contributed by atoms with Crippen molar-refractivity contribution in [3.8, 4) is 0 Å². The van der Waals surface area contributed by atoms with Crippen LogP contribution in [-0.4, -0.2) is 7.85 Å². The van der Waals surface area contributed by atoms with E-state index in [0.717, 1.165) is 5.92 Å². The van der Waals surface area contributed by atoms with Crippen LogP contribution in [-0.2, 0) is 0 Å². The van der Waals surface area contributed by atoms with Gasteiger partial charge in [0.25, 0.3) is 0 Å². The summed E-state index contributed by atoms with van der Waals surface area (Å²) in [7, 11) is 2.49. The standard InChI is InChI=1S/C10H21B/c1-3-9-7-5-6-8-10(9,11)4-2/h9H,3-8,11H2,1-2H3. The summed E-state index contributed by atoms with van der Waals surface area (Å²) in [5.41, 5.74) is 0. The van der Waals surface area contributed by atoms with Gasteiger partial charge >= 0.3 is 0 Å².